The van der Waals surface area contributed by atoms with E-state index in [1.54, 1.807) is 6.92 Å². The first-order chi connectivity index (χ1) is 13.6. The number of carbonyl (C=O) groups excluding carboxylic acids is 1. The number of rotatable bonds is 16. The van der Waals surface area contributed by atoms with Crippen LogP contribution in [-0.2, 0) is 4.79 Å². The van der Waals surface area contributed by atoms with E-state index in [0.717, 1.165) is 24.0 Å². The molecule has 0 radical (unpaired) electrons. The summed E-state index contributed by atoms with van der Waals surface area (Å²) >= 11 is 0. The third kappa shape index (κ3) is 8.89. The van der Waals surface area contributed by atoms with Gasteiger partial charge in [-0.1, -0.05) is 57.6 Å². The van der Waals surface area contributed by atoms with E-state index in [1.807, 2.05) is 0 Å². The lowest BCUT2D eigenvalue weighted by Crippen LogP contribution is -2.63. The number of allylic oxidation sites excluding steroid dienone is 2. The number of nitrogens with one attached hydrogen (secondary N) is 1. The third-order valence-electron chi connectivity index (χ3n) is 6.29. The lowest BCUT2D eigenvalue weighted by atomic mass is 10.1. The number of aliphatic imine (C=N–C) groups is 1. The lowest BCUT2D eigenvalue weighted by Gasteiger charge is -2.42. The van der Waals surface area contributed by atoms with Gasteiger partial charge < -0.3 is 5.32 Å². The van der Waals surface area contributed by atoms with E-state index >= 15 is 0 Å². The number of unbranched alkanes of at least 4 members (excludes halogenated alkanes) is 9. The Labute approximate surface area is 174 Å². The van der Waals surface area contributed by atoms with Crippen LogP contribution in [-0.4, -0.2) is 42.0 Å². The molecule has 1 aliphatic rings. The summed E-state index contributed by atoms with van der Waals surface area (Å²) in [6.07, 6.45) is 22.9. The second-order valence-electron chi connectivity index (χ2n) is 8.46. The summed E-state index contributed by atoms with van der Waals surface area (Å²) in [5.74, 6) is 0.0511. The number of amides is 1. The van der Waals surface area contributed by atoms with Crippen molar-refractivity contribution in [3.63, 3.8) is 0 Å². The fraction of sp³-hybridized carbons (Fsp3) is 0.833. The maximum Gasteiger partial charge on any atom is 0.221 e. The molecule has 0 bridgehead atoms. The van der Waals surface area contributed by atoms with Crippen LogP contribution in [0.3, 0.4) is 0 Å². The number of quaternary nitrogens is 1. The fourth-order valence-electron chi connectivity index (χ4n) is 4.40. The Morgan fingerprint density at radius 2 is 1.68 bits per heavy atom. The first kappa shape index (κ1) is 24.9. The van der Waals surface area contributed by atoms with Crippen LogP contribution in [0.2, 0.25) is 0 Å². The maximum atomic E-state index is 11.5. The summed E-state index contributed by atoms with van der Waals surface area (Å²) in [7, 11) is 0. The highest BCUT2D eigenvalue weighted by atomic mass is 16.1. The second kappa shape index (κ2) is 14.8. The molecule has 0 aromatic rings. The van der Waals surface area contributed by atoms with Crippen molar-refractivity contribution in [1.82, 2.24) is 5.32 Å². The Hall–Kier alpha value is -1.16. The molecule has 3 atom stereocenters. The van der Waals surface area contributed by atoms with Gasteiger partial charge in [0.15, 0.2) is 12.3 Å². The smallest absolute Gasteiger partial charge is 0.221 e. The van der Waals surface area contributed by atoms with Gasteiger partial charge in [0.25, 0.3) is 0 Å². The van der Waals surface area contributed by atoms with Crippen molar-refractivity contribution < 1.29 is 9.28 Å². The molecule has 162 valence electrons. The highest BCUT2D eigenvalue weighted by Crippen LogP contribution is 2.26. The van der Waals surface area contributed by atoms with E-state index in [4.69, 9.17) is 4.99 Å². The van der Waals surface area contributed by atoms with Crippen LogP contribution in [0.1, 0.15) is 105 Å². The molecule has 1 heterocycles. The zero-order valence-corrected chi connectivity index (χ0v) is 19.1. The second-order valence-corrected chi connectivity index (χ2v) is 8.46. The molecule has 0 spiro atoms. The molecule has 28 heavy (non-hydrogen) atoms. The van der Waals surface area contributed by atoms with Crippen LogP contribution >= 0.6 is 0 Å². The van der Waals surface area contributed by atoms with Gasteiger partial charge in [0.2, 0.25) is 5.91 Å². The SMILES string of the molecule is CCCCCCCCC/C=C/CCCCC1N=CC[N+]1(CC)C(C)NC(C)=O. The topological polar surface area (TPSA) is 41.5 Å². The molecular weight excluding hydrogens is 346 g/mol. The minimum atomic E-state index is 0.0511. The summed E-state index contributed by atoms with van der Waals surface area (Å²) < 4.78 is 0.869. The first-order valence-corrected chi connectivity index (χ1v) is 11.9. The molecule has 1 aliphatic heterocycles. The molecule has 1 N–H and O–H groups in total. The van der Waals surface area contributed by atoms with Crippen molar-refractivity contribution in [2.24, 2.45) is 4.99 Å². The van der Waals surface area contributed by atoms with E-state index in [2.05, 4.69) is 44.5 Å². The predicted molar refractivity (Wildman–Crippen MR) is 121 cm³/mol. The first-order valence-electron chi connectivity index (χ1n) is 11.9. The molecule has 0 aliphatic carbocycles. The van der Waals surface area contributed by atoms with Crippen molar-refractivity contribution in [3.05, 3.63) is 12.2 Å². The number of hydrogen-bond donors (Lipinski definition) is 1. The van der Waals surface area contributed by atoms with Gasteiger partial charge in [0, 0.05) is 20.3 Å². The molecule has 0 aromatic heterocycles. The van der Waals surface area contributed by atoms with Crippen molar-refractivity contribution in [3.8, 4) is 0 Å². The Morgan fingerprint density at radius 3 is 2.29 bits per heavy atom. The third-order valence-corrected chi connectivity index (χ3v) is 6.29. The molecule has 0 aromatic carbocycles. The molecular formula is C24H46N3O+. The van der Waals surface area contributed by atoms with E-state index in [1.165, 1.54) is 70.6 Å². The number of nitrogens with zero attached hydrogens (tertiary/aromatic N) is 2. The van der Waals surface area contributed by atoms with Crippen LogP contribution in [0.15, 0.2) is 17.1 Å². The monoisotopic (exact) mass is 392 g/mol. The van der Waals surface area contributed by atoms with Gasteiger partial charge in [0.1, 0.15) is 6.54 Å². The van der Waals surface area contributed by atoms with Crippen molar-refractivity contribution >= 4 is 12.1 Å². The molecule has 0 fully saturated rings. The normalized spacial score (nSPS) is 22.8. The van der Waals surface area contributed by atoms with Crippen LogP contribution in [0.4, 0.5) is 0 Å². The predicted octanol–water partition coefficient (Wildman–Crippen LogP) is 5.97. The van der Waals surface area contributed by atoms with Crippen LogP contribution in [0.25, 0.3) is 0 Å². The highest BCUT2D eigenvalue weighted by Gasteiger charge is 2.42. The number of hydrogen-bond acceptors (Lipinski definition) is 2. The summed E-state index contributed by atoms with van der Waals surface area (Å²) in [5, 5.41) is 3.10. The number of carbonyl (C=O) groups is 1. The van der Waals surface area contributed by atoms with Crippen molar-refractivity contribution in [2.75, 3.05) is 13.1 Å². The molecule has 0 saturated heterocycles. The van der Waals surface area contributed by atoms with Gasteiger partial charge in [-0.25, -0.2) is 4.99 Å². The van der Waals surface area contributed by atoms with Gasteiger partial charge in [-0.15, -0.1) is 0 Å². The van der Waals surface area contributed by atoms with Crippen molar-refractivity contribution in [2.45, 2.75) is 117 Å². The summed E-state index contributed by atoms with van der Waals surface area (Å²) in [5.41, 5.74) is 0. The van der Waals surface area contributed by atoms with Crippen molar-refractivity contribution in [1.29, 1.82) is 0 Å². The minimum absolute atomic E-state index is 0.0511. The summed E-state index contributed by atoms with van der Waals surface area (Å²) in [6.45, 7) is 10.2. The molecule has 3 unspecified atom stereocenters. The summed E-state index contributed by atoms with van der Waals surface area (Å²) in [6, 6.07) is 0. The largest absolute Gasteiger partial charge is 0.307 e. The zero-order valence-electron chi connectivity index (χ0n) is 19.1. The van der Waals surface area contributed by atoms with E-state index in [-0.39, 0.29) is 12.1 Å². The van der Waals surface area contributed by atoms with Crippen LogP contribution < -0.4 is 5.32 Å². The molecule has 0 saturated carbocycles. The molecule has 4 nitrogen and oxygen atoms in total. The zero-order chi connectivity index (χ0) is 20.7. The summed E-state index contributed by atoms with van der Waals surface area (Å²) in [4.78, 5) is 16.3. The van der Waals surface area contributed by atoms with Gasteiger partial charge >= 0.3 is 0 Å². The fourth-order valence-corrected chi connectivity index (χ4v) is 4.40. The Kier molecular flexibility index (Phi) is 13.1. The molecule has 1 rings (SSSR count). The van der Waals surface area contributed by atoms with Gasteiger partial charge in [-0.2, -0.15) is 0 Å². The highest BCUT2D eigenvalue weighted by molar-refractivity contribution is 5.73. The maximum absolute atomic E-state index is 11.5. The van der Waals surface area contributed by atoms with E-state index in [9.17, 15) is 4.79 Å². The molecule has 4 heteroatoms. The Bertz CT molecular complexity index is 474. The van der Waals surface area contributed by atoms with Gasteiger partial charge in [0.05, 0.1) is 12.8 Å². The standard InChI is InChI=1S/C24H45N3O/c1-5-7-8-9-10-11-12-13-14-15-16-17-18-19-24-25-20-21-27(24,6-2)22(3)26-23(4)28/h14-15,20,22,24H,5-13,16-19,21H2,1-4H3/p+1/b15-14+. The average molecular weight is 393 g/mol. The average Bonchev–Trinajstić information content (AvgIpc) is 3.09. The van der Waals surface area contributed by atoms with Crippen LogP contribution in [0, 0.1) is 0 Å². The quantitative estimate of drug-likeness (QED) is 0.196. The van der Waals surface area contributed by atoms with Gasteiger partial charge in [-0.3, -0.25) is 9.28 Å². The Morgan fingerprint density at radius 1 is 1.07 bits per heavy atom. The lowest BCUT2D eigenvalue weighted by molar-refractivity contribution is -0.959. The minimum Gasteiger partial charge on any atom is -0.307 e. The molecule has 1 amide bonds. The van der Waals surface area contributed by atoms with Gasteiger partial charge in [-0.05, 0) is 39.0 Å². The van der Waals surface area contributed by atoms with E-state index < -0.39 is 0 Å². The van der Waals surface area contributed by atoms with Crippen LogP contribution in [0.5, 0.6) is 0 Å². The van der Waals surface area contributed by atoms with E-state index in [0.29, 0.717) is 6.17 Å². The Balaban J connectivity index is 2.16.